The van der Waals surface area contributed by atoms with Gasteiger partial charge >= 0.3 is 0 Å². The van der Waals surface area contributed by atoms with Gasteiger partial charge in [-0.05, 0) is 37.5 Å². The molecule has 2 aliphatic heterocycles. The van der Waals surface area contributed by atoms with Gasteiger partial charge in [0.2, 0.25) is 5.91 Å². The molecule has 29 heavy (non-hydrogen) atoms. The van der Waals surface area contributed by atoms with E-state index in [4.69, 9.17) is 40.5 Å². The summed E-state index contributed by atoms with van der Waals surface area (Å²) in [5, 5.41) is 4.70. The maximum Gasteiger partial charge on any atom is 0.245 e. The number of benzene rings is 1. The second-order valence-electron chi connectivity index (χ2n) is 7.31. The van der Waals surface area contributed by atoms with Gasteiger partial charge in [-0.1, -0.05) is 34.8 Å². The van der Waals surface area contributed by atoms with Crippen molar-refractivity contribution in [3.8, 4) is 0 Å². The van der Waals surface area contributed by atoms with Crippen LogP contribution in [0.4, 0.5) is 17.3 Å². The van der Waals surface area contributed by atoms with E-state index in [1.165, 1.54) is 6.33 Å². The highest BCUT2D eigenvalue weighted by molar-refractivity contribution is 6.35. The van der Waals surface area contributed by atoms with Gasteiger partial charge in [-0.25, -0.2) is 9.97 Å². The molecule has 10 heteroatoms. The van der Waals surface area contributed by atoms with E-state index >= 15 is 0 Å². The minimum Gasteiger partial charge on any atom is -0.382 e. The molecule has 0 saturated carbocycles. The number of nitrogens with one attached hydrogen (secondary N) is 1. The van der Waals surface area contributed by atoms with Crippen LogP contribution in [-0.4, -0.2) is 52.5 Å². The summed E-state index contributed by atoms with van der Waals surface area (Å²) in [5.41, 5.74) is 6.56. The Hall–Kier alpha value is -1.96. The van der Waals surface area contributed by atoms with E-state index < -0.39 is 0 Å². The molecule has 1 aromatic carbocycles. The van der Waals surface area contributed by atoms with Gasteiger partial charge in [-0.2, -0.15) is 0 Å². The second-order valence-corrected chi connectivity index (χ2v) is 8.56. The summed E-state index contributed by atoms with van der Waals surface area (Å²) >= 11 is 18.4. The van der Waals surface area contributed by atoms with Crippen molar-refractivity contribution in [1.29, 1.82) is 0 Å². The number of likely N-dealkylation sites (tertiary alicyclic amines) is 1. The average Bonchev–Trinajstić information content (AvgIpc) is 3.04. The van der Waals surface area contributed by atoms with Crippen LogP contribution in [0, 0.1) is 0 Å². The second kappa shape index (κ2) is 8.42. The summed E-state index contributed by atoms with van der Waals surface area (Å²) in [6.45, 7) is 2.18. The lowest BCUT2D eigenvalue weighted by molar-refractivity contribution is -0.130. The smallest absolute Gasteiger partial charge is 0.245 e. The Kier molecular flexibility index (Phi) is 5.90. The average molecular weight is 456 g/mol. The zero-order valence-electron chi connectivity index (χ0n) is 15.6. The SMILES string of the molecule is Nc1ncnc(N2CCC[C@@H](N3CC[C@@H](Nc4cc(Cl)cc(Cl)c4)C3=O)C2)c1Cl. The summed E-state index contributed by atoms with van der Waals surface area (Å²) < 4.78 is 0. The molecule has 7 nitrogen and oxygen atoms in total. The third-order valence-electron chi connectivity index (χ3n) is 5.38. The first-order chi connectivity index (χ1) is 13.9. The summed E-state index contributed by atoms with van der Waals surface area (Å²) in [4.78, 5) is 25.3. The minimum atomic E-state index is -0.293. The maximum absolute atomic E-state index is 13.1. The van der Waals surface area contributed by atoms with Gasteiger partial charge in [0.05, 0.1) is 0 Å². The topological polar surface area (TPSA) is 87.4 Å². The number of hydrogen-bond donors (Lipinski definition) is 2. The molecule has 1 aromatic heterocycles. The zero-order valence-corrected chi connectivity index (χ0v) is 17.9. The van der Waals surface area contributed by atoms with Crippen LogP contribution >= 0.6 is 34.8 Å². The van der Waals surface area contributed by atoms with Crippen molar-refractivity contribution in [2.75, 3.05) is 35.6 Å². The number of nitrogens with two attached hydrogens (primary N) is 1. The molecule has 4 rings (SSSR count). The van der Waals surface area contributed by atoms with Crippen molar-refractivity contribution in [3.05, 3.63) is 39.6 Å². The van der Waals surface area contributed by atoms with Crippen LogP contribution in [0.15, 0.2) is 24.5 Å². The van der Waals surface area contributed by atoms with Crippen molar-refractivity contribution >= 4 is 58.0 Å². The molecule has 154 valence electrons. The largest absolute Gasteiger partial charge is 0.382 e. The van der Waals surface area contributed by atoms with E-state index in [1.807, 2.05) is 4.90 Å². The first-order valence-electron chi connectivity index (χ1n) is 9.46. The van der Waals surface area contributed by atoms with Gasteiger partial charge in [-0.3, -0.25) is 4.79 Å². The fourth-order valence-electron chi connectivity index (χ4n) is 4.03. The van der Waals surface area contributed by atoms with E-state index in [9.17, 15) is 4.79 Å². The quantitative estimate of drug-likeness (QED) is 0.731. The van der Waals surface area contributed by atoms with Crippen LogP contribution in [-0.2, 0) is 4.79 Å². The van der Waals surface area contributed by atoms with Crippen LogP contribution < -0.4 is 16.0 Å². The predicted octanol–water partition coefficient (Wildman–Crippen LogP) is 3.70. The Bertz CT molecular complexity index is 907. The molecule has 3 heterocycles. The van der Waals surface area contributed by atoms with Crippen LogP contribution in [0.2, 0.25) is 15.1 Å². The molecule has 3 N–H and O–H groups in total. The van der Waals surface area contributed by atoms with Crippen LogP contribution in [0.5, 0.6) is 0 Å². The van der Waals surface area contributed by atoms with E-state index in [1.54, 1.807) is 18.2 Å². The molecule has 0 unspecified atom stereocenters. The molecule has 2 aromatic rings. The third-order valence-corrected chi connectivity index (χ3v) is 6.18. The normalized spacial score (nSPS) is 22.2. The minimum absolute atomic E-state index is 0.0845. The fourth-order valence-corrected chi connectivity index (χ4v) is 4.78. The molecule has 0 spiro atoms. The van der Waals surface area contributed by atoms with E-state index in [0.717, 1.165) is 31.5 Å². The number of halogens is 3. The van der Waals surface area contributed by atoms with Gasteiger partial charge in [0, 0.05) is 41.4 Å². The Labute approximate surface area is 184 Å². The van der Waals surface area contributed by atoms with Gasteiger partial charge < -0.3 is 20.9 Å². The molecule has 2 atom stereocenters. The Morgan fingerprint density at radius 2 is 1.83 bits per heavy atom. The standard InChI is InChI=1S/C19H21Cl3N6O/c20-11-6-12(21)8-13(7-11)26-15-3-5-28(19(15)29)14-2-1-4-27(9-14)18-16(22)17(23)24-10-25-18/h6-8,10,14-15,26H,1-5,9H2,(H2,23,24,25)/t14-,15-/m1/s1. The van der Waals surface area contributed by atoms with Crippen LogP contribution in [0.1, 0.15) is 19.3 Å². The van der Waals surface area contributed by atoms with E-state index in [2.05, 4.69) is 20.2 Å². The first kappa shape index (κ1) is 20.3. The van der Waals surface area contributed by atoms with Crippen molar-refractivity contribution in [1.82, 2.24) is 14.9 Å². The van der Waals surface area contributed by atoms with Gasteiger partial charge in [0.1, 0.15) is 23.2 Å². The Balaban J connectivity index is 1.45. The van der Waals surface area contributed by atoms with Gasteiger partial charge in [-0.15, -0.1) is 0 Å². The molecule has 0 aliphatic carbocycles. The fraction of sp³-hybridized carbons (Fsp3) is 0.421. The summed E-state index contributed by atoms with van der Waals surface area (Å²) in [6.07, 6.45) is 4.02. The molecule has 1 amide bonds. The molecule has 2 fully saturated rings. The number of rotatable bonds is 4. The highest BCUT2D eigenvalue weighted by Gasteiger charge is 2.38. The van der Waals surface area contributed by atoms with E-state index in [-0.39, 0.29) is 23.8 Å². The maximum atomic E-state index is 13.1. The number of hydrogen-bond acceptors (Lipinski definition) is 6. The number of nitrogens with zero attached hydrogens (tertiary/aromatic N) is 4. The number of amides is 1. The van der Waals surface area contributed by atoms with Crippen molar-refractivity contribution in [2.24, 2.45) is 0 Å². The van der Waals surface area contributed by atoms with E-state index in [0.29, 0.717) is 34.0 Å². The van der Waals surface area contributed by atoms with Crippen molar-refractivity contribution < 1.29 is 4.79 Å². The summed E-state index contributed by atoms with van der Waals surface area (Å²) in [5.74, 6) is 0.973. The molecule has 2 aliphatic rings. The lowest BCUT2D eigenvalue weighted by atomic mass is 10.0. The van der Waals surface area contributed by atoms with Crippen molar-refractivity contribution in [3.63, 3.8) is 0 Å². The highest BCUT2D eigenvalue weighted by Crippen LogP contribution is 2.31. The number of anilines is 3. The summed E-state index contributed by atoms with van der Waals surface area (Å²) in [6, 6.07) is 5.01. The number of piperidine rings is 1. The predicted molar refractivity (Wildman–Crippen MR) is 117 cm³/mol. The Morgan fingerprint density at radius 1 is 1.07 bits per heavy atom. The first-order valence-corrected chi connectivity index (χ1v) is 10.6. The number of aromatic nitrogens is 2. The molecule has 0 radical (unpaired) electrons. The van der Waals surface area contributed by atoms with Crippen LogP contribution in [0.3, 0.4) is 0 Å². The highest BCUT2D eigenvalue weighted by atomic mass is 35.5. The lowest BCUT2D eigenvalue weighted by Crippen LogP contribution is -2.50. The Morgan fingerprint density at radius 3 is 2.59 bits per heavy atom. The van der Waals surface area contributed by atoms with Crippen LogP contribution in [0.25, 0.3) is 0 Å². The molecular weight excluding hydrogens is 435 g/mol. The molecular formula is C19H21Cl3N6O. The molecule has 2 saturated heterocycles. The van der Waals surface area contributed by atoms with Gasteiger partial charge in [0.25, 0.3) is 0 Å². The summed E-state index contributed by atoms with van der Waals surface area (Å²) in [7, 11) is 0. The third kappa shape index (κ3) is 4.32. The monoisotopic (exact) mass is 454 g/mol. The number of nitrogen functional groups attached to an aromatic ring is 1. The van der Waals surface area contributed by atoms with Gasteiger partial charge in [0.15, 0.2) is 5.82 Å². The zero-order chi connectivity index (χ0) is 20.5. The lowest BCUT2D eigenvalue weighted by Gasteiger charge is -2.38. The number of carbonyl (C=O) groups is 1. The molecule has 0 bridgehead atoms. The number of carbonyl (C=O) groups excluding carboxylic acids is 1. The van der Waals surface area contributed by atoms with Crippen molar-refractivity contribution in [2.45, 2.75) is 31.3 Å².